The lowest BCUT2D eigenvalue weighted by molar-refractivity contribution is -0.117. The number of amides is 1. The van der Waals surface area contributed by atoms with Crippen molar-refractivity contribution in [2.75, 3.05) is 23.9 Å². The number of anilines is 1. The molecule has 1 atom stereocenters. The summed E-state index contributed by atoms with van der Waals surface area (Å²) < 4.78 is 17.2. The molecule has 0 unspecified atom stereocenters. The monoisotopic (exact) mass is 473 g/mol. The molecule has 2 heterocycles. The number of fused-ring (bicyclic) bond motifs is 1. The van der Waals surface area contributed by atoms with Gasteiger partial charge in [0.15, 0.2) is 0 Å². The first-order valence-electron chi connectivity index (χ1n) is 11.0. The highest BCUT2D eigenvalue weighted by molar-refractivity contribution is 7.99. The van der Waals surface area contributed by atoms with E-state index in [9.17, 15) is 4.79 Å². The van der Waals surface area contributed by atoms with E-state index >= 15 is 0 Å². The summed E-state index contributed by atoms with van der Waals surface area (Å²) in [5, 5.41) is 8.58. The van der Waals surface area contributed by atoms with E-state index in [0.29, 0.717) is 30.1 Å². The minimum atomic E-state index is -0.216. The number of hydrogen-bond acceptors (Lipinski definition) is 7. The number of carbonyl (C=O) groups is 1. The van der Waals surface area contributed by atoms with Crippen LogP contribution in [0, 0.1) is 0 Å². The highest BCUT2D eigenvalue weighted by Crippen LogP contribution is 2.40. The third-order valence-corrected chi connectivity index (χ3v) is 6.23. The Hall–Kier alpha value is -3.78. The van der Waals surface area contributed by atoms with Gasteiger partial charge in [-0.15, -0.1) is 10.2 Å². The highest BCUT2D eigenvalue weighted by Gasteiger charge is 2.33. The molecule has 1 aliphatic rings. The maximum absolute atomic E-state index is 13.4. The van der Waals surface area contributed by atoms with Crippen LogP contribution in [0.5, 0.6) is 11.5 Å². The van der Waals surface area contributed by atoms with Gasteiger partial charge in [0.05, 0.1) is 24.1 Å². The molecule has 0 aliphatic carbocycles. The SMILES string of the molecule is CCOc1ccc(-c2nnc(SCC(=O)N3c4ccccc4OC[C@H]3c3ccccc3)o2)cc1. The first kappa shape index (κ1) is 22.0. The van der Waals surface area contributed by atoms with E-state index in [-0.39, 0.29) is 17.7 Å². The van der Waals surface area contributed by atoms with Crippen molar-refractivity contribution in [2.24, 2.45) is 0 Å². The smallest absolute Gasteiger partial charge is 0.277 e. The van der Waals surface area contributed by atoms with Crippen LogP contribution in [0.3, 0.4) is 0 Å². The van der Waals surface area contributed by atoms with E-state index in [2.05, 4.69) is 10.2 Å². The van der Waals surface area contributed by atoms with E-state index in [1.54, 1.807) is 0 Å². The normalized spacial score (nSPS) is 14.9. The van der Waals surface area contributed by atoms with Crippen molar-refractivity contribution in [1.29, 1.82) is 0 Å². The molecule has 4 aromatic rings. The zero-order valence-electron chi connectivity index (χ0n) is 18.6. The Balaban J connectivity index is 1.32. The summed E-state index contributed by atoms with van der Waals surface area (Å²) in [7, 11) is 0. The summed E-state index contributed by atoms with van der Waals surface area (Å²) in [4.78, 5) is 15.2. The van der Waals surface area contributed by atoms with Crippen LogP contribution in [0.15, 0.2) is 88.5 Å². The van der Waals surface area contributed by atoms with Gasteiger partial charge in [0.2, 0.25) is 11.8 Å². The third kappa shape index (κ3) is 4.63. The standard InChI is InChI=1S/C26H23N3O4S/c1-2-31-20-14-12-19(13-15-20)25-27-28-26(33-25)34-17-24(30)29-21-10-6-7-11-23(21)32-16-22(29)18-8-4-3-5-9-18/h3-15,22H,2,16-17H2,1H3/t22-/m0/s1. The van der Waals surface area contributed by atoms with Crippen LogP contribution in [0.4, 0.5) is 5.69 Å². The molecule has 3 aromatic carbocycles. The Kier molecular flexibility index (Phi) is 6.49. The predicted molar refractivity (Wildman–Crippen MR) is 130 cm³/mol. The van der Waals surface area contributed by atoms with Crippen LogP contribution in [0.25, 0.3) is 11.5 Å². The minimum absolute atomic E-state index is 0.0598. The highest BCUT2D eigenvalue weighted by atomic mass is 32.2. The predicted octanol–water partition coefficient (Wildman–Crippen LogP) is 5.39. The number of para-hydroxylation sites is 2. The molecule has 0 saturated heterocycles. The zero-order chi connectivity index (χ0) is 23.3. The fourth-order valence-electron chi connectivity index (χ4n) is 3.86. The van der Waals surface area contributed by atoms with Crippen molar-refractivity contribution in [3.05, 3.63) is 84.4 Å². The Labute approximate surface area is 201 Å². The first-order valence-corrected chi connectivity index (χ1v) is 12.0. The van der Waals surface area contributed by atoms with Crippen molar-refractivity contribution in [1.82, 2.24) is 10.2 Å². The largest absolute Gasteiger partial charge is 0.494 e. The van der Waals surface area contributed by atoms with Crippen molar-refractivity contribution in [2.45, 2.75) is 18.2 Å². The molecule has 1 amide bonds. The molecule has 7 nitrogen and oxygen atoms in total. The number of thioether (sulfide) groups is 1. The Morgan fingerprint density at radius 2 is 1.79 bits per heavy atom. The average molecular weight is 474 g/mol. The second kappa shape index (κ2) is 10.0. The molecule has 0 radical (unpaired) electrons. The Morgan fingerprint density at radius 3 is 2.59 bits per heavy atom. The van der Waals surface area contributed by atoms with Gasteiger partial charge in [-0.05, 0) is 48.9 Å². The quantitative estimate of drug-likeness (QED) is 0.333. The maximum atomic E-state index is 13.4. The van der Waals surface area contributed by atoms with Crippen LogP contribution >= 0.6 is 11.8 Å². The second-order valence-corrected chi connectivity index (χ2v) is 8.51. The lowest BCUT2D eigenvalue weighted by atomic mass is 10.0. The van der Waals surface area contributed by atoms with Gasteiger partial charge in [-0.1, -0.05) is 54.2 Å². The summed E-state index contributed by atoms with van der Waals surface area (Å²) in [5.74, 6) is 1.98. The molecule has 1 aliphatic heterocycles. The van der Waals surface area contributed by atoms with Crippen LogP contribution in [-0.4, -0.2) is 35.1 Å². The maximum Gasteiger partial charge on any atom is 0.277 e. The molecule has 1 aromatic heterocycles. The molecule has 0 N–H and O–H groups in total. The second-order valence-electron chi connectivity index (χ2n) is 7.59. The van der Waals surface area contributed by atoms with Crippen molar-refractivity contribution in [3.63, 3.8) is 0 Å². The van der Waals surface area contributed by atoms with E-state index in [0.717, 1.165) is 22.6 Å². The number of aromatic nitrogens is 2. The fourth-order valence-corrected chi connectivity index (χ4v) is 4.48. The van der Waals surface area contributed by atoms with Crippen LogP contribution < -0.4 is 14.4 Å². The topological polar surface area (TPSA) is 77.7 Å². The molecule has 0 spiro atoms. The van der Waals surface area contributed by atoms with Crippen molar-refractivity contribution < 1.29 is 18.7 Å². The fraction of sp³-hybridized carbons (Fsp3) is 0.192. The van der Waals surface area contributed by atoms with E-state index in [1.165, 1.54) is 11.8 Å². The van der Waals surface area contributed by atoms with Gasteiger partial charge in [-0.25, -0.2) is 0 Å². The molecule has 0 bridgehead atoms. The number of carbonyl (C=O) groups excluding carboxylic acids is 1. The molecule has 34 heavy (non-hydrogen) atoms. The molecule has 0 fully saturated rings. The molecule has 172 valence electrons. The molecule has 0 saturated carbocycles. The zero-order valence-corrected chi connectivity index (χ0v) is 19.4. The lowest BCUT2D eigenvalue weighted by Crippen LogP contribution is -2.42. The van der Waals surface area contributed by atoms with Crippen molar-refractivity contribution in [3.8, 4) is 23.0 Å². The number of nitrogens with zero attached hydrogens (tertiary/aromatic N) is 3. The van der Waals surface area contributed by atoms with Gasteiger partial charge in [-0.2, -0.15) is 0 Å². The average Bonchev–Trinajstić information content (AvgIpc) is 3.37. The van der Waals surface area contributed by atoms with Gasteiger partial charge in [0.1, 0.15) is 18.1 Å². The summed E-state index contributed by atoms with van der Waals surface area (Å²) >= 11 is 1.22. The van der Waals surface area contributed by atoms with Gasteiger partial charge < -0.3 is 13.9 Å². The molecule has 8 heteroatoms. The number of rotatable bonds is 7. The van der Waals surface area contributed by atoms with Gasteiger partial charge in [0, 0.05) is 5.56 Å². The van der Waals surface area contributed by atoms with E-state index in [1.807, 2.05) is 90.7 Å². The summed E-state index contributed by atoms with van der Waals surface area (Å²) in [6.45, 7) is 2.93. The molecule has 5 rings (SSSR count). The molecular formula is C26H23N3O4S. The number of benzene rings is 3. The van der Waals surface area contributed by atoms with E-state index < -0.39 is 0 Å². The summed E-state index contributed by atoms with van der Waals surface area (Å²) in [6, 6.07) is 24.7. The van der Waals surface area contributed by atoms with Gasteiger partial charge in [0.25, 0.3) is 5.22 Å². The van der Waals surface area contributed by atoms with Gasteiger partial charge in [-0.3, -0.25) is 9.69 Å². The Morgan fingerprint density at radius 1 is 1.03 bits per heavy atom. The van der Waals surface area contributed by atoms with Gasteiger partial charge >= 0.3 is 0 Å². The molecular weight excluding hydrogens is 450 g/mol. The van der Waals surface area contributed by atoms with Crippen LogP contribution in [0.1, 0.15) is 18.5 Å². The van der Waals surface area contributed by atoms with Crippen molar-refractivity contribution >= 4 is 23.4 Å². The Bertz CT molecular complexity index is 1260. The number of ether oxygens (including phenoxy) is 2. The minimum Gasteiger partial charge on any atom is -0.494 e. The summed E-state index contributed by atoms with van der Waals surface area (Å²) in [5.41, 5.74) is 2.57. The third-order valence-electron chi connectivity index (χ3n) is 5.42. The van der Waals surface area contributed by atoms with Crippen LogP contribution in [0.2, 0.25) is 0 Å². The summed E-state index contributed by atoms with van der Waals surface area (Å²) in [6.07, 6.45) is 0. The number of hydrogen-bond donors (Lipinski definition) is 0. The van der Waals surface area contributed by atoms with E-state index in [4.69, 9.17) is 13.9 Å². The first-order chi connectivity index (χ1) is 16.7. The van der Waals surface area contributed by atoms with Crippen LogP contribution in [-0.2, 0) is 4.79 Å². The lowest BCUT2D eigenvalue weighted by Gasteiger charge is -2.37.